The number of anilines is 1. The van der Waals surface area contributed by atoms with Gasteiger partial charge in [0.05, 0.1) is 5.75 Å². The van der Waals surface area contributed by atoms with Crippen LogP contribution >= 0.6 is 23.4 Å². The number of aromatic nitrogens is 3. The molecular formula is C22H24ClN5OS. The Hall–Kier alpha value is -2.51. The van der Waals surface area contributed by atoms with Gasteiger partial charge in [0.1, 0.15) is 0 Å². The smallest absolute Gasteiger partial charge is 0.233 e. The van der Waals surface area contributed by atoms with Crippen molar-refractivity contribution in [3.8, 4) is 11.4 Å². The summed E-state index contributed by atoms with van der Waals surface area (Å²) in [7, 11) is 1.94. The second-order valence-electron chi connectivity index (χ2n) is 7.37. The zero-order valence-electron chi connectivity index (χ0n) is 17.1. The van der Waals surface area contributed by atoms with Gasteiger partial charge in [-0.1, -0.05) is 59.3 Å². The number of halogens is 1. The van der Waals surface area contributed by atoms with Crippen molar-refractivity contribution in [2.24, 2.45) is 7.05 Å². The molecule has 2 heterocycles. The SMILES string of the molecule is Cc1ccc(-c2nnc(SCC(=O)N3CCN(c4cccc(Cl)c4)CC3)n2C)cc1. The predicted molar refractivity (Wildman–Crippen MR) is 122 cm³/mol. The van der Waals surface area contributed by atoms with Crippen LogP contribution in [0.15, 0.2) is 53.7 Å². The van der Waals surface area contributed by atoms with Crippen LogP contribution < -0.4 is 4.90 Å². The Bertz CT molecular complexity index is 1030. The van der Waals surface area contributed by atoms with E-state index in [9.17, 15) is 4.79 Å². The highest BCUT2D eigenvalue weighted by Gasteiger charge is 2.22. The van der Waals surface area contributed by atoms with Crippen molar-refractivity contribution in [2.75, 3.05) is 36.8 Å². The topological polar surface area (TPSA) is 54.3 Å². The molecule has 0 atom stereocenters. The van der Waals surface area contributed by atoms with Gasteiger partial charge in [-0.25, -0.2) is 0 Å². The number of rotatable bonds is 5. The number of piperazine rings is 1. The summed E-state index contributed by atoms with van der Waals surface area (Å²) >= 11 is 7.53. The molecule has 1 saturated heterocycles. The van der Waals surface area contributed by atoms with Gasteiger partial charge in [-0.15, -0.1) is 10.2 Å². The fraction of sp³-hybridized carbons (Fsp3) is 0.318. The monoisotopic (exact) mass is 441 g/mol. The Labute approximate surface area is 185 Å². The van der Waals surface area contributed by atoms with Gasteiger partial charge in [0.25, 0.3) is 0 Å². The average Bonchev–Trinajstić information content (AvgIpc) is 3.13. The summed E-state index contributed by atoms with van der Waals surface area (Å²) in [5, 5.41) is 10.1. The molecule has 6 nitrogen and oxygen atoms in total. The van der Waals surface area contributed by atoms with E-state index in [1.54, 1.807) is 0 Å². The molecule has 0 spiro atoms. The zero-order valence-corrected chi connectivity index (χ0v) is 18.7. The highest BCUT2D eigenvalue weighted by molar-refractivity contribution is 7.99. The molecule has 8 heteroatoms. The maximum atomic E-state index is 12.7. The van der Waals surface area contributed by atoms with E-state index in [0.29, 0.717) is 18.8 Å². The van der Waals surface area contributed by atoms with Crippen molar-refractivity contribution >= 4 is 35.0 Å². The Morgan fingerprint density at radius 2 is 1.80 bits per heavy atom. The molecule has 1 aliphatic rings. The summed E-state index contributed by atoms with van der Waals surface area (Å²) in [4.78, 5) is 16.9. The quantitative estimate of drug-likeness (QED) is 0.562. The lowest BCUT2D eigenvalue weighted by Gasteiger charge is -2.36. The van der Waals surface area contributed by atoms with Crippen LogP contribution in [0.4, 0.5) is 5.69 Å². The molecule has 156 valence electrons. The van der Waals surface area contributed by atoms with E-state index < -0.39 is 0 Å². The molecule has 2 aromatic carbocycles. The lowest BCUT2D eigenvalue weighted by molar-refractivity contribution is -0.128. The molecule has 4 rings (SSSR count). The Morgan fingerprint density at radius 3 is 2.50 bits per heavy atom. The minimum absolute atomic E-state index is 0.130. The largest absolute Gasteiger partial charge is 0.368 e. The van der Waals surface area contributed by atoms with Crippen LogP contribution in [0.2, 0.25) is 5.02 Å². The van der Waals surface area contributed by atoms with Crippen molar-refractivity contribution in [2.45, 2.75) is 12.1 Å². The molecule has 1 aromatic heterocycles. The van der Waals surface area contributed by atoms with Crippen LogP contribution in [0.1, 0.15) is 5.56 Å². The van der Waals surface area contributed by atoms with Gasteiger partial charge in [0.15, 0.2) is 11.0 Å². The molecule has 1 aliphatic heterocycles. The van der Waals surface area contributed by atoms with Gasteiger partial charge in [-0.2, -0.15) is 0 Å². The fourth-order valence-corrected chi connectivity index (χ4v) is 4.50. The third-order valence-corrected chi connectivity index (χ3v) is 6.52. The van der Waals surface area contributed by atoms with Crippen LogP contribution in [0.5, 0.6) is 0 Å². The molecule has 0 N–H and O–H groups in total. The molecular weight excluding hydrogens is 418 g/mol. The van der Waals surface area contributed by atoms with Crippen molar-refractivity contribution in [3.63, 3.8) is 0 Å². The number of nitrogens with zero attached hydrogens (tertiary/aromatic N) is 5. The van der Waals surface area contributed by atoms with Crippen molar-refractivity contribution in [1.82, 2.24) is 19.7 Å². The number of carbonyl (C=O) groups excluding carboxylic acids is 1. The summed E-state index contributed by atoms with van der Waals surface area (Å²) < 4.78 is 1.94. The standard InChI is InChI=1S/C22H24ClN5OS/c1-16-6-8-17(9-7-16)21-24-25-22(26(21)2)30-15-20(29)28-12-10-27(11-13-28)19-5-3-4-18(23)14-19/h3-9,14H,10-13,15H2,1-2H3. The molecule has 0 aliphatic carbocycles. The summed E-state index contributed by atoms with van der Waals surface area (Å²) in [5.74, 6) is 1.29. The van der Waals surface area contributed by atoms with E-state index in [4.69, 9.17) is 11.6 Å². The third kappa shape index (κ3) is 4.63. The normalized spacial score (nSPS) is 14.2. The number of hydrogen-bond acceptors (Lipinski definition) is 5. The van der Waals surface area contributed by atoms with Gasteiger partial charge in [0.2, 0.25) is 5.91 Å². The molecule has 0 saturated carbocycles. The van der Waals surface area contributed by atoms with Crippen molar-refractivity contribution < 1.29 is 4.79 Å². The molecule has 1 fully saturated rings. The van der Waals surface area contributed by atoms with Gasteiger partial charge in [0, 0.05) is 49.5 Å². The number of amides is 1. The highest BCUT2D eigenvalue weighted by atomic mass is 35.5. The zero-order chi connectivity index (χ0) is 21.1. The van der Waals surface area contributed by atoms with E-state index in [1.807, 2.05) is 46.8 Å². The summed E-state index contributed by atoms with van der Waals surface area (Å²) in [6.45, 7) is 5.08. The Kier molecular flexibility index (Phi) is 6.29. The summed E-state index contributed by atoms with van der Waals surface area (Å²) in [5.41, 5.74) is 3.33. The predicted octanol–water partition coefficient (Wildman–Crippen LogP) is 3.88. The Balaban J connectivity index is 1.32. The van der Waals surface area contributed by atoms with Crippen LogP contribution in [0.3, 0.4) is 0 Å². The van der Waals surface area contributed by atoms with E-state index in [2.05, 4.69) is 40.2 Å². The lowest BCUT2D eigenvalue weighted by Crippen LogP contribution is -2.49. The van der Waals surface area contributed by atoms with Crippen LogP contribution in [0.25, 0.3) is 11.4 Å². The molecule has 0 bridgehead atoms. The first-order chi connectivity index (χ1) is 14.5. The first-order valence-electron chi connectivity index (χ1n) is 9.89. The highest BCUT2D eigenvalue weighted by Crippen LogP contribution is 2.24. The van der Waals surface area contributed by atoms with Crippen LogP contribution in [-0.4, -0.2) is 57.5 Å². The minimum atomic E-state index is 0.130. The van der Waals surface area contributed by atoms with Gasteiger partial charge < -0.3 is 14.4 Å². The second kappa shape index (κ2) is 9.10. The lowest BCUT2D eigenvalue weighted by atomic mass is 10.1. The molecule has 3 aromatic rings. The first-order valence-corrected chi connectivity index (χ1v) is 11.2. The van der Waals surface area contributed by atoms with Crippen LogP contribution in [-0.2, 0) is 11.8 Å². The number of hydrogen-bond donors (Lipinski definition) is 0. The number of aryl methyl sites for hydroxylation is 1. The maximum Gasteiger partial charge on any atom is 0.233 e. The van der Waals surface area contributed by atoms with Crippen molar-refractivity contribution in [3.05, 3.63) is 59.1 Å². The van der Waals surface area contributed by atoms with Gasteiger partial charge >= 0.3 is 0 Å². The molecule has 0 radical (unpaired) electrons. The van der Waals surface area contributed by atoms with Crippen LogP contribution in [0, 0.1) is 6.92 Å². The van der Waals surface area contributed by atoms with E-state index in [0.717, 1.165) is 40.3 Å². The molecule has 30 heavy (non-hydrogen) atoms. The maximum absolute atomic E-state index is 12.7. The number of thioether (sulfide) groups is 1. The third-order valence-electron chi connectivity index (χ3n) is 5.28. The fourth-order valence-electron chi connectivity index (χ4n) is 3.50. The number of benzene rings is 2. The van der Waals surface area contributed by atoms with Crippen molar-refractivity contribution in [1.29, 1.82) is 0 Å². The van der Waals surface area contributed by atoms with Gasteiger partial charge in [-0.05, 0) is 25.1 Å². The summed E-state index contributed by atoms with van der Waals surface area (Å²) in [6, 6.07) is 16.0. The van der Waals surface area contributed by atoms with Gasteiger partial charge in [-0.3, -0.25) is 4.79 Å². The summed E-state index contributed by atoms with van der Waals surface area (Å²) in [6.07, 6.45) is 0. The molecule has 1 amide bonds. The first kappa shape index (κ1) is 20.8. The molecule has 0 unspecified atom stereocenters. The average molecular weight is 442 g/mol. The van der Waals surface area contributed by atoms with E-state index in [-0.39, 0.29) is 5.91 Å². The Morgan fingerprint density at radius 1 is 1.07 bits per heavy atom. The minimum Gasteiger partial charge on any atom is -0.368 e. The number of carbonyl (C=O) groups is 1. The van der Waals surface area contributed by atoms with E-state index >= 15 is 0 Å². The second-order valence-corrected chi connectivity index (χ2v) is 8.75. The van der Waals surface area contributed by atoms with E-state index in [1.165, 1.54) is 17.3 Å².